The van der Waals surface area contributed by atoms with E-state index in [9.17, 15) is 5.11 Å². The molecule has 0 aliphatic carbocycles. The molecule has 0 radical (unpaired) electrons. The molecule has 0 heterocycles. The van der Waals surface area contributed by atoms with Crippen LogP contribution in [0.15, 0.2) is 24.3 Å². The Labute approximate surface area is 110 Å². The van der Waals surface area contributed by atoms with E-state index in [1.807, 2.05) is 31.2 Å². The Balaban J connectivity index is 2.72. The van der Waals surface area contributed by atoms with Crippen LogP contribution >= 0.6 is 0 Å². The Morgan fingerprint density at radius 2 is 1.89 bits per heavy atom. The number of aliphatic hydroxyl groups is 1. The van der Waals surface area contributed by atoms with Crippen molar-refractivity contribution in [2.45, 2.75) is 45.8 Å². The standard InChI is InChI=1S/C15H25NO2/c1-4-18-14-8-6-5-7-12(14)15(16)13(17)10-9-11(2)3/h5-8,11,13,15,17H,4,9-10,16H2,1-3H3/t13-,15+/m1/s1. The van der Waals surface area contributed by atoms with Gasteiger partial charge in [-0.2, -0.15) is 0 Å². The summed E-state index contributed by atoms with van der Waals surface area (Å²) in [6, 6.07) is 7.28. The topological polar surface area (TPSA) is 55.5 Å². The molecule has 1 rings (SSSR count). The van der Waals surface area contributed by atoms with Crippen LogP contribution in [0.25, 0.3) is 0 Å². The van der Waals surface area contributed by atoms with Crippen LogP contribution < -0.4 is 10.5 Å². The SMILES string of the molecule is CCOc1ccccc1[C@H](N)[C@H](O)CCC(C)C. The van der Waals surface area contributed by atoms with Crippen molar-refractivity contribution < 1.29 is 9.84 Å². The van der Waals surface area contributed by atoms with Gasteiger partial charge in [0.25, 0.3) is 0 Å². The molecule has 1 aromatic carbocycles. The molecule has 2 atom stereocenters. The Bertz CT molecular complexity index is 352. The lowest BCUT2D eigenvalue weighted by atomic mass is 9.95. The zero-order valence-corrected chi connectivity index (χ0v) is 11.6. The van der Waals surface area contributed by atoms with Gasteiger partial charge in [-0.1, -0.05) is 32.0 Å². The highest BCUT2D eigenvalue weighted by Gasteiger charge is 2.20. The molecule has 3 N–H and O–H groups in total. The lowest BCUT2D eigenvalue weighted by Gasteiger charge is -2.22. The van der Waals surface area contributed by atoms with Crippen LogP contribution in [0.1, 0.15) is 45.2 Å². The van der Waals surface area contributed by atoms with Crippen molar-refractivity contribution in [2.24, 2.45) is 11.7 Å². The van der Waals surface area contributed by atoms with Crippen molar-refractivity contribution in [1.82, 2.24) is 0 Å². The van der Waals surface area contributed by atoms with Crippen molar-refractivity contribution in [3.8, 4) is 5.75 Å². The molecule has 0 fully saturated rings. The van der Waals surface area contributed by atoms with Crippen LogP contribution in [0.2, 0.25) is 0 Å². The van der Waals surface area contributed by atoms with Gasteiger partial charge in [-0.25, -0.2) is 0 Å². The summed E-state index contributed by atoms with van der Waals surface area (Å²) in [7, 11) is 0. The fourth-order valence-corrected chi connectivity index (χ4v) is 1.93. The Morgan fingerprint density at radius 3 is 2.50 bits per heavy atom. The molecule has 0 spiro atoms. The number of hydrogen-bond acceptors (Lipinski definition) is 3. The second-order valence-electron chi connectivity index (χ2n) is 5.04. The number of rotatable bonds is 7. The number of nitrogens with two attached hydrogens (primary N) is 1. The first-order chi connectivity index (χ1) is 8.56. The van der Waals surface area contributed by atoms with E-state index in [0.717, 1.165) is 24.2 Å². The maximum atomic E-state index is 10.1. The summed E-state index contributed by atoms with van der Waals surface area (Å²) in [5.41, 5.74) is 7.01. The van der Waals surface area contributed by atoms with Crippen LogP contribution in [0.4, 0.5) is 0 Å². The van der Waals surface area contributed by atoms with E-state index < -0.39 is 6.10 Å². The summed E-state index contributed by atoms with van der Waals surface area (Å²) >= 11 is 0. The highest BCUT2D eigenvalue weighted by molar-refractivity contribution is 5.36. The summed E-state index contributed by atoms with van der Waals surface area (Å²) in [5.74, 6) is 1.35. The number of para-hydroxylation sites is 1. The molecular weight excluding hydrogens is 226 g/mol. The quantitative estimate of drug-likeness (QED) is 0.783. The molecule has 3 heteroatoms. The lowest BCUT2D eigenvalue weighted by molar-refractivity contribution is 0.126. The number of aliphatic hydroxyl groups excluding tert-OH is 1. The van der Waals surface area contributed by atoms with Crippen LogP contribution in [0.3, 0.4) is 0 Å². The van der Waals surface area contributed by atoms with Crippen molar-refractivity contribution in [1.29, 1.82) is 0 Å². The average Bonchev–Trinajstić information content (AvgIpc) is 2.36. The first kappa shape index (κ1) is 15.0. The second-order valence-corrected chi connectivity index (χ2v) is 5.04. The predicted octanol–water partition coefficient (Wildman–Crippen LogP) is 2.88. The summed E-state index contributed by atoms with van der Waals surface area (Å²) < 4.78 is 5.54. The molecular formula is C15H25NO2. The van der Waals surface area contributed by atoms with Gasteiger partial charge < -0.3 is 15.6 Å². The Morgan fingerprint density at radius 1 is 1.22 bits per heavy atom. The number of ether oxygens (including phenoxy) is 1. The average molecular weight is 251 g/mol. The van der Waals surface area contributed by atoms with E-state index in [1.165, 1.54) is 0 Å². The highest BCUT2D eigenvalue weighted by atomic mass is 16.5. The maximum Gasteiger partial charge on any atom is 0.124 e. The number of hydrogen-bond donors (Lipinski definition) is 2. The number of benzene rings is 1. The van der Waals surface area contributed by atoms with E-state index in [4.69, 9.17) is 10.5 Å². The maximum absolute atomic E-state index is 10.1. The minimum Gasteiger partial charge on any atom is -0.494 e. The summed E-state index contributed by atoms with van der Waals surface area (Å²) in [6.07, 6.45) is 1.18. The molecule has 3 nitrogen and oxygen atoms in total. The highest BCUT2D eigenvalue weighted by Crippen LogP contribution is 2.27. The van der Waals surface area contributed by atoms with Crippen molar-refractivity contribution in [3.63, 3.8) is 0 Å². The molecule has 0 unspecified atom stereocenters. The van der Waals surface area contributed by atoms with E-state index in [1.54, 1.807) is 0 Å². The Kier molecular flexibility index (Phi) is 6.16. The van der Waals surface area contributed by atoms with E-state index in [-0.39, 0.29) is 6.04 Å². The summed E-state index contributed by atoms with van der Waals surface area (Å²) in [4.78, 5) is 0. The Hall–Kier alpha value is -1.06. The van der Waals surface area contributed by atoms with Crippen molar-refractivity contribution in [2.75, 3.05) is 6.61 Å². The van der Waals surface area contributed by atoms with Gasteiger partial charge >= 0.3 is 0 Å². The van der Waals surface area contributed by atoms with Crippen LogP contribution in [-0.2, 0) is 0 Å². The molecule has 18 heavy (non-hydrogen) atoms. The third-order valence-corrected chi connectivity index (χ3v) is 3.03. The van der Waals surface area contributed by atoms with Gasteiger partial charge in [0.05, 0.1) is 18.8 Å². The third kappa shape index (κ3) is 4.31. The first-order valence-corrected chi connectivity index (χ1v) is 6.71. The van der Waals surface area contributed by atoms with Crippen LogP contribution in [0, 0.1) is 5.92 Å². The van der Waals surface area contributed by atoms with Crippen LogP contribution in [0.5, 0.6) is 5.75 Å². The fourth-order valence-electron chi connectivity index (χ4n) is 1.93. The molecule has 102 valence electrons. The normalized spacial score (nSPS) is 14.6. The monoisotopic (exact) mass is 251 g/mol. The largest absolute Gasteiger partial charge is 0.494 e. The van der Waals surface area contributed by atoms with E-state index in [0.29, 0.717) is 12.5 Å². The van der Waals surface area contributed by atoms with Gasteiger partial charge in [-0.05, 0) is 31.7 Å². The second kappa shape index (κ2) is 7.39. The van der Waals surface area contributed by atoms with Gasteiger partial charge in [0.15, 0.2) is 0 Å². The fraction of sp³-hybridized carbons (Fsp3) is 0.600. The van der Waals surface area contributed by atoms with Crippen molar-refractivity contribution in [3.05, 3.63) is 29.8 Å². The van der Waals surface area contributed by atoms with Crippen molar-refractivity contribution >= 4 is 0 Å². The minimum absolute atomic E-state index is 0.383. The molecule has 0 aliphatic rings. The van der Waals surface area contributed by atoms with E-state index in [2.05, 4.69) is 13.8 Å². The zero-order chi connectivity index (χ0) is 13.5. The van der Waals surface area contributed by atoms with E-state index >= 15 is 0 Å². The summed E-state index contributed by atoms with van der Waals surface area (Å²) in [5, 5.41) is 10.1. The molecule has 0 amide bonds. The third-order valence-electron chi connectivity index (χ3n) is 3.03. The molecule has 0 aliphatic heterocycles. The predicted molar refractivity (Wildman–Crippen MR) is 74.6 cm³/mol. The van der Waals surface area contributed by atoms with Gasteiger partial charge in [0.2, 0.25) is 0 Å². The van der Waals surface area contributed by atoms with Gasteiger partial charge in [0, 0.05) is 5.56 Å². The molecule has 0 aromatic heterocycles. The molecule has 0 bridgehead atoms. The minimum atomic E-state index is -0.519. The smallest absolute Gasteiger partial charge is 0.124 e. The molecule has 0 saturated carbocycles. The first-order valence-electron chi connectivity index (χ1n) is 6.71. The van der Waals surface area contributed by atoms with Gasteiger partial charge in [-0.15, -0.1) is 0 Å². The molecule has 1 aromatic rings. The zero-order valence-electron chi connectivity index (χ0n) is 11.6. The lowest BCUT2D eigenvalue weighted by Crippen LogP contribution is -2.27. The van der Waals surface area contributed by atoms with Crippen LogP contribution in [-0.4, -0.2) is 17.8 Å². The molecule has 0 saturated heterocycles. The van der Waals surface area contributed by atoms with Gasteiger partial charge in [-0.3, -0.25) is 0 Å². The van der Waals surface area contributed by atoms with Gasteiger partial charge in [0.1, 0.15) is 5.75 Å². The summed E-state index contributed by atoms with van der Waals surface area (Å²) in [6.45, 7) is 6.84.